The molecule has 1 aliphatic rings. The Morgan fingerprint density at radius 3 is 2.71 bits per heavy atom. The average Bonchev–Trinajstić information content (AvgIpc) is 3.21. The molecule has 164 valence electrons. The molecule has 0 fully saturated rings. The lowest BCUT2D eigenvalue weighted by molar-refractivity contribution is -0.120. The third kappa shape index (κ3) is 6.11. The molecule has 1 aliphatic heterocycles. The van der Waals surface area contributed by atoms with Crippen molar-refractivity contribution in [3.8, 4) is 23.0 Å². The van der Waals surface area contributed by atoms with Crippen molar-refractivity contribution in [2.24, 2.45) is 5.10 Å². The Kier molecular flexibility index (Phi) is 7.31. The number of amides is 2. The summed E-state index contributed by atoms with van der Waals surface area (Å²) in [4.78, 5) is 24.2. The third-order valence-corrected chi connectivity index (χ3v) is 4.08. The molecule has 3 rings (SSSR count). The van der Waals surface area contributed by atoms with Crippen molar-refractivity contribution in [2.75, 3.05) is 19.9 Å². The Morgan fingerprint density at radius 1 is 1.13 bits per heavy atom. The number of fused-ring (bicyclic) bond motifs is 1. The quantitative estimate of drug-likeness (QED) is 0.470. The Morgan fingerprint density at radius 2 is 1.94 bits per heavy atom. The largest absolute Gasteiger partial charge is 0.490 e. The Labute approximate surface area is 180 Å². The summed E-state index contributed by atoms with van der Waals surface area (Å²) in [7, 11) is 0. The van der Waals surface area contributed by atoms with E-state index in [9.17, 15) is 9.59 Å². The molecule has 0 saturated carbocycles. The molecule has 9 nitrogen and oxygen atoms in total. The van der Waals surface area contributed by atoms with Crippen LogP contribution in [0, 0.1) is 0 Å². The molecule has 2 aromatic rings. The first-order chi connectivity index (χ1) is 15.0. The van der Waals surface area contributed by atoms with Gasteiger partial charge in [-0.3, -0.25) is 9.59 Å². The number of nitrogens with one attached hydrogen (secondary N) is 2. The van der Waals surface area contributed by atoms with Gasteiger partial charge in [0.25, 0.3) is 11.8 Å². The lowest BCUT2D eigenvalue weighted by Gasteiger charge is -2.14. The predicted molar refractivity (Wildman–Crippen MR) is 114 cm³/mol. The van der Waals surface area contributed by atoms with Crippen LogP contribution in [0.4, 0.5) is 0 Å². The van der Waals surface area contributed by atoms with E-state index in [0.29, 0.717) is 35.2 Å². The summed E-state index contributed by atoms with van der Waals surface area (Å²) < 4.78 is 21.8. The van der Waals surface area contributed by atoms with Gasteiger partial charge in [-0.1, -0.05) is 0 Å². The van der Waals surface area contributed by atoms with Gasteiger partial charge in [0.05, 0.1) is 25.5 Å². The smallest absolute Gasteiger partial charge is 0.259 e. The first-order valence-corrected chi connectivity index (χ1v) is 9.89. The molecule has 31 heavy (non-hydrogen) atoms. The topological polar surface area (TPSA) is 107 Å². The van der Waals surface area contributed by atoms with Crippen LogP contribution in [0.25, 0.3) is 0 Å². The summed E-state index contributed by atoms with van der Waals surface area (Å²) in [6.07, 6.45) is 1.50. The van der Waals surface area contributed by atoms with Crippen molar-refractivity contribution >= 4 is 18.0 Å². The second-order valence-corrected chi connectivity index (χ2v) is 6.85. The van der Waals surface area contributed by atoms with Crippen molar-refractivity contribution < 1.29 is 28.5 Å². The van der Waals surface area contributed by atoms with E-state index in [1.54, 1.807) is 36.4 Å². The molecular formula is C22H25N3O6. The third-order valence-electron chi connectivity index (χ3n) is 4.08. The highest BCUT2D eigenvalue weighted by Gasteiger charge is 2.16. The molecule has 0 aliphatic carbocycles. The van der Waals surface area contributed by atoms with Crippen LogP contribution < -0.4 is 29.7 Å². The van der Waals surface area contributed by atoms with Gasteiger partial charge >= 0.3 is 0 Å². The van der Waals surface area contributed by atoms with Crippen LogP contribution in [0.1, 0.15) is 36.7 Å². The van der Waals surface area contributed by atoms with Crippen LogP contribution in [0.2, 0.25) is 0 Å². The van der Waals surface area contributed by atoms with Gasteiger partial charge in [0, 0.05) is 5.56 Å². The van der Waals surface area contributed by atoms with Gasteiger partial charge in [0.1, 0.15) is 0 Å². The number of ether oxygens (including phenoxy) is 4. The fraction of sp³-hybridized carbons (Fsp3) is 0.318. The molecule has 0 aromatic heterocycles. The van der Waals surface area contributed by atoms with Crippen LogP contribution in [-0.4, -0.2) is 44.1 Å². The van der Waals surface area contributed by atoms with Gasteiger partial charge in [-0.25, -0.2) is 5.43 Å². The summed E-state index contributed by atoms with van der Waals surface area (Å²) in [6.45, 7) is 6.15. The van der Waals surface area contributed by atoms with Crippen LogP contribution in [-0.2, 0) is 4.79 Å². The second kappa shape index (κ2) is 10.3. The maximum Gasteiger partial charge on any atom is 0.259 e. The number of carbonyl (C=O) groups is 2. The number of nitrogens with zero attached hydrogens (tertiary/aromatic N) is 1. The van der Waals surface area contributed by atoms with E-state index in [4.69, 9.17) is 18.9 Å². The second-order valence-electron chi connectivity index (χ2n) is 6.85. The van der Waals surface area contributed by atoms with Crippen molar-refractivity contribution in [2.45, 2.75) is 26.9 Å². The van der Waals surface area contributed by atoms with Crippen molar-refractivity contribution in [3.05, 3.63) is 47.5 Å². The summed E-state index contributed by atoms with van der Waals surface area (Å²) in [5, 5.41) is 6.45. The molecule has 0 unspecified atom stereocenters. The summed E-state index contributed by atoms with van der Waals surface area (Å²) in [5.74, 6) is 1.46. The molecule has 0 spiro atoms. The number of carbonyl (C=O) groups excluding carboxylic acids is 2. The Bertz CT molecular complexity index is 974. The lowest BCUT2D eigenvalue weighted by atomic mass is 10.2. The van der Waals surface area contributed by atoms with E-state index in [1.165, 1.54) is 6.21 Å². The number of benzene rings is 2. The standard InChI is InChI=1S/C22H25N3O6/c1-4-28-19-9-15(5-7-18(19)31-14(2)3)11-24-25-21(26)12-23-22(27)16-6-8-17-20(10-16)30-13-29-17/h5-11,14H,4,12-13H2,1-3H3,(H,23,27)(H,25,26). The van der Waals surface area contributed by atoms with Gasteiger partial charge < -0.3 is 24.3 Å². The van der Waals surface area contributed by atoms with Gasteiger partial charge in [-0.15, -0.1) is 0 Å². The minimum Gasteiger partial charge on any atom is -0.490 e. The van der Waals surface area contributed by atoms with Crippen molar-refractivity contribution in [3.63, 3.8) is 0 Å². The Hall–Kier alpha value is -3.75. The van der Waals surface area contributed by atoms with Crippen LogP contribution in [0.3, 0.4) is 0 Å². The Balaban J connectivity index is 1.50. The molecule has 0 atom stereocenters. The SMILES string of the molecule is CCOc1cc(C=NNC(=O)CNC(=O)c2ccc3c(c2)OCO3)ccc1OC(C)C. The van der Waals surface area contributed by atoms with E-state index in [2.05, 4.69) is 15.8 Å². The van der Waals surface area contributed by atoms with Gasteiger partial charge in [-0.05, 0) is 62.7 Å². The van der Waals surface area contributed by atoms with Crippen molar-refractivity contribution in [1.82, 2.24) is 10.7 Å². The molecule has 2 amide bonds. The average molecular weight is 427 g/mol. The first kappa shape index (κ1) is 21.9. The number of hydrogen-bond donors (Lipinski definition) is 2. The summed E-state index contributed by atoms with van der Waals surface area (Å²) in [5.41, 5.74) is 3.47. The molecule has 0 radical (unpaired) electrons. The van der Waals surface area contributed by atoms with E-state index in [0.717, 1.165) is 5.56 Å². The molecule has 0 bridgehead atoms. The highest BCUT2D eigenvalue weighted by Crippen LogP contribution is 2.32. The number of hydrazone groups is 1. The normalized spacial score (nSPS) is 12.1. The van der Waals surface area contributed by atoms with E-state index >= 15 is 0 Å². The molecule has 1 heterocycles. The van der Waals surface area contributed by atoms with Crippen LogP contribution in [0.5, 0.6) is 23.0 Å². The fourth-order valence-corrected chi connectivity index (χ4v) is 2.74. The van der Waals surface area contributed by atoms with Crippen molar-refractivity contribution in [1.29, 1.82) is 0 Å². The zero-order valence-corrected chi connectivity index (χ0v) is 17.6. The fourth-order valence-electron chi connectivity index (χ4n) is 2.74. The lowest BCUT2D eigenvalue weighted by Crippen LogP contribution is -2.34. The minimum atomic E-state index is -0.463. The monoisotopic (exact) mass is 427 g/mol. The van der Waals surface area contributed by atoms with Crippen LogP contribution >= 0.6 is 0 Å². The number of hydrogen-bond acceptors (Lipinski definition) is 7. The highest BCUT2D eigenvalue weighted by molar-refractivity contribution is 5.97. The molecule has 0 saturated heterocycles. The minimum absolute atomic E-state index is 0.0193. The molecule has 9 heteroatoms. The maximum absolute atomic E-state index is 12.2. The van der Waals surface area contributed by atoms with Gasteiger partial charge in [0.15, 0.2) is 23.0 Å². The molecule has 2 N–H and O–H groups in total. The van der Waals surface area contributed by atoms with E-state index in [1.807, 2.05) is 20.8 Å². The van der Waals surface area contributed by atoms with Gasteiger partial charge in [-0.2, -0.15) is 5.10 Å². The highest BCUT2D eigenvalue weighted by atomic mass is 16.7. The first-order valence-electron chi connectivity index (χ1n) is 9.89. The van der Waals surface area contributed by atoms with Gasteiger partial charge in [0.2, 0.25) is 6.79 Å². The zero-order chi connectivity index (χ0) is 22.2. The molecule has 2 aromatic carbocycles. The predicted octanol–water partition coefficient (Wildman–Crippen LogP) is 2.48. The summed E-state index contributed by atoms with van der Waals surface area (Å²) >= 11 is 0. The molecular weight excluding hydrogens is 402 g/mol. The number of rotatable bonds is 9. The summed E-state index contributed by atoms with van der Waals surface area (Å²) in [6, 6.07) is 10.2. The van der Waals surface area contributed by atoms with E-state index < -0.39 is 11.8 Å². The maximum atomic E-state index is 12.2. The van der Waals surface area contributed by atoms with Crippen LogP contribution in [0.15, 0.2) is 41.5 Å². The zero-order valence-electron chi connectivity index (χ0n) is 17.6. The van der Waals surface area contributed by atoms with E-state index in [-0.39, 0.29) is 19.4 Å².